The van der Waals surface area contributed by atoms with E-state index in [-0.39, 0.29) is 12.1 Å². The fourth-order valence-electron chi connectivity index (χ4n) is 2.00. The largest absolute Gasteiger partial charge is 0.342 e. The van der Waals surface area contributed by atoms with Crippen molar-refractivity contribution in [2.24, 2.45) is 4.99 Å². The monoisotopic (exact) mass is 202 g/mol. The Morgan fingerprint density at radius 2 is 2.47 bits per heavy atom. The van der Waals surface area contributed by atoms with Gasteiger partial charge in [-0.3, -0.25) is 0 Å². The lowest BCUT2D eigenvalue weighted by molar-refractivity contribution is 0.251. The predicted molar refractivity (Wildman–Crippen MR) is 61.0 cm³/mol. The van der Waals surface area contributed by atoms with E-state index in [1.165, 1.54) is 5.57 Å². The first-order valence-corrected chi connectivity index (χ1v) is 5.19. The number of hydrogen-bond acceptors (Lipinski definition) is 1. The maximum absolute atomic E-state index is 11.2. The van der Waals surface area contributed by atoms with Crippen molar-refractivity contribution in [2.75, 3.05) is 0 Å². The van der Waals surface area contributed by atoms with Crippen LogP contribution in [0.2, 0.25) is 0 Å². The Bertz CT molecular complexity index is 413. The van der Waals surface area contributed by atoms with Crippen LogP contribution in [0.25, 0.3) is 0 Å². The van der Waals surface area contributed by atoms with Gasteiger partial charge in [-0.05, 0) is 30.6 Å². The van der Waals surface area contributed by atoms with Crippen LogP contribution in [0.5, 0.6) is 0 Å². The molecule has 1 unspecified atom stereocenters. The molecule has 1 N–H and O–H groups in total. The molecule has 1 aliphatic heterocycles. The summed E-state index contributed by atoms with van der Waals surface area (Å²) < 4.78 is 0. The Morgan fingerprint density at radius 1 is 1.67 bits per heavy atom. The summed E-state index contributed by atoms with van der Waals surface area (Å²) in [6.45, 7) is 4.13. The van der Waals surface area contributed by atoms with Gasteiger partial charge in [-0.2, -0.15) is 4.99 Å². The summed E-state index contributed by atoms with van der Waals surface area (Å²) in [6.07, 6.45) is 8.94. The lowest BCUT2D eigenvalue weighted by Gasteiger charge is -2.20. The third-order valence-electron chi connectivity index (χ3n) is 2.75. The molecule has 0 aromatic carbocycles. The number of urea groups is 1. The van der Waals surface area contributed by atoms with Gasteiger partial charge in [0.25, 0.3) is 0 Å². The maximum Gasteiger partial charge on any atom is 0.342 e. The Labute approximate surface area is 89.3 Å². The van der Waals surface area contributed by atoms with E-state index < -0.39 is 0 Å². The van der Waals surface area contributed by atoms with Gasteiger partial charge in [0.2, 0.25) is 0 Å². The highest BCUT2D eigenvalue weighted by molar-refractivity contribution is 6.13. The van der Waals surface area contributed by atoms with Gasteiger partial charge < -0.3 is 5.32 Å². The number of aliphatic imine (C=N–C) groups is 1. The first kappa shape index (κ1) is 9.90. The van der Waals surface area contributed by atoms with Crippen LogP contribution in [-0.4, -0.2) is 17.8 Å². The molecular formula is C12H14N2O. The molecule has 1 aliphatic carbocycles. The quantitative estimate of drug-likeness (QED) is 0.733. The van der Waals surface area contributed by atoms with Crippen LogP contribution in [0.1, 0.15) is 20.3 Å². The van der Waals surface area contributed by atoms with E-state index in [0.29, 0.717) is 0 Å². The standard InChI is InChI=1S/C12H14N2O/c1-3-8(4-2)9-6-5-7-10-11(9)14-12(15)13-10/h3,5-7,11H,4H2,1-2H3,(H,14,15)/b8-3+. The van der Waals surface area contributed by atoms with E-state index in [1.807, 2.05) is 25.2 Å². The molecule has 3 nitrogen and oxygen atoms in total. The van der Waals surface area contributed by atoms with Gasteiger partial charge in [0.15, 0.2) is 0 Å². The summed E-state index contributed by atoms with van der Waals surface area (Å²) in [5, 5.41) is 2.85. The third kappa shape index (κ3) is 1.65. The summed E-state index contributed by atoms with van der Waals surface area (Å²) >= 11 is 0. The van der Waals surface area contributed by atoms with Gasteiger partial charge >= 0.3 is 6.03 Å². The zero-order chi connectivity index (χ0) is 10.8. The van der Waals surface area contributed by atoms with Gasteiger partial charge in [-0.25, -0.2) is 4.79 Å². The molecule has 2 amide bonds. The second-order valence-corrected chi connectivity index (χ2v) is 3.57. The van der Waals surface area contributed by atoms with Gasteiger partial charge in [0, 0.05) is 0 Å². The van der Waals surface area contributed by atoms with E-state index in [2.05, 4.69) is 23.3 Å². The number of allylic oxidation sites excluding steroid dienone is 3. The van der Waals surface area contributed by atoms with Crippen molar-refractivity contribution in [2.45, 2.75) is 26.3 Å². The maximum atomic E-state index is 11.2. The molecule has 0 saturated carbocycles. The third-order valence-corrected chi connectivity index (χ3v) is 2.75. The highest BCUT2D eigenvalue weighted by Crippen LogP contribution is 2.24. The van der Waals surface area contributed by atoms with Crippen LogP contribution in [0.15, 0.2) is 40.4 Å². The summed E-state index contributed by atoms with van der Waals surface area (Å²) in [7, 11) is 0. The molecule has 1 atom stereocenters. The van der Waals surface area contributed by atoms with Crippen molar-refractivity contribution in [3.8, 4) is 0 Å². The number of nitrogens with one attached hydrogen (secondary N) is 1. The van der Waals surface area contributed by atoms with Gasteiger partial charge in [0.1, 0.15) is 0 Å². The second-order valence-electron chi connectivity index (χ2n) is 3.57. The molecule has 0 radical (unpaired) electrons. The van der Waals surface area contributed by atoms with Gasteiger partial charge in [-0.15, -0.1) is 0 Å². The summed E-state index contributed by atoms with van der Waals surface area (Å²) in [5.74, 6) is 0. The minimum atomic E-state index is -0.237. The van der Waals surface area contributed by atoms with Crippen molar-refractivity contribution >= 4 is 11.7 Å². The fourth-order valence-corrected chi connectivity index (χ4v) is 2.00. The molecule has 0 aromatic rings. The summed E-state index contributed by atoms with van der Waals surface area (Å²) in [5.41, 5.74) is 3.25. The summed E-state index contributed by atoms with van der Waals surface area (Å²) in [6, 6.07) is -0.271. The van der Waals surface area contributed by atoms with Crippen molar-refractivity contribution < 1.29 is 4.79 Å². The number of amides is 2. The Morgan fingerprint density at radius 3 is 3.13 bits per heavy atom. The zero-order valence-corrected chi connectivity index (χ0v) is 8.95. The van der Waals surface area contributed by atoms with Crippen LogP contribution in [-0.2, 0) is 0 Å². The Balaban J connectivity index is 2.35. The zero-order valence-electron chi connectivity index (χ0n) is 8.95. The normalized spacial score (nSPS) is 24.5. The van der Waals surface area contributed by atoms with Crippen molar-refractivity contribution in [1.29, 1.82) is 0 Å². The minimum absolute atomic E-state index is 0.0337. The van der Waals surface area contributed by atoms with E-state index in [1.54, 1.807) is 0 Å². The minimum Gasteiger partial charge on any atom is -0.324 e. The Kier molecular flexibility index (Phi) is 2.54. The topological polar surface area (TPSA) is 41.5 Å². The summed E-state index contributed by atoms with van der Waals surface area (Å²) in [4.78, 5) is 15.1. The average Bonchev–Trinajstić information content (AvgIpc) is 2.61. The molecule has 0 fully saturated rings. The number of carbonyl (C=O) groups excluding carboxylic acids is 1. The van der Waals surface area contributed by atoms with E-state index in [9.17, 15) is 4.79 Å². The van der Waals surface area contributed by atoms with Crippen molar-refractivity contribution in [3.63, 3.8) is 0 Å². The SMILES string of the molecule is C/C=C(\CC)C1=CC=CC2=NC(=O)NC12. The average molecular weight is 202 g/mol. The number of hydrogen-bond donors (Lipinski definition) is 1. The molecule has 2 aliphatic rings. The molecule has 15 heavy (non-hydrogen) atoms. The lowest BCUT2D eigenvalue weighted by Crippen LogP contribution is -2.34. The number of carbonyl (C=O) groups is 1. The van der Waals surface area contributed by atoms with Crippen molar-refractivity contribution in [3.05, 3.63) is 35.5 Å². The molecule has 0 spiro atoms. The molecule has 0 saturated heterocycles. The lowest BCUT2D eigenvalue weighted by atomic mass is 9.90. The molecule has 0 aromatic heterocycles. The second kappa shape index (κ2) is 3.85. The van der Waals surface area contributed by atoms with Crippen molar-refractivity contribution in [1.82, 2.24) is 5.32 Å². The first-order chi connectivity index (χ1) is 7.26. The van der Waals surface area contributed by atoms with E-state index in [0.717, 1.165) is 17.7 Å². The highest BCUT2D eigenvalue weighted by Gasteiger charge is 2.29. The Hall–Kier alpha value is -1.64. The molecule has 78 valence electrons. The number of rotatable bonds is 2. The van der Waals surface area contributed by atoms with Crippen LogP contribution in [0, 0.1) is 0 Å². The highest BCUT2D eigenvalue weighted by atomic mass is 16.2. The van der Waals surface area contributed by atoms with Gasteiger partial charge in [-0.1, -0.05) is 25.2 Å². The molecule has 2 rings (SSSR count). The van der Waals surface area contributed by atoms with Crippen LogP contribution in [0.3, 0.4) is 0 Å². The molecule has 0 bridgehead atoms. The molecular weight excluding hydrogens is 188 g/mol. The van der Waals surface area contributed by atoms with Crippen LogP contribution >= 0.6 is 0 Å². The first-order valence-electron chi connectivity index (χ1n) is 5.19. The number of nitrogens with zero attached hydrogens (tertiary/aromatic N) is 1. The van der Waals surface area contributed by atoms with Crippen LogP contribution < -0.4 is 5.32 Å². The van der Waals surface area contributed by atoms with Crippen LogP contribution in [0.4, 0.5) is 4.79 Å². The van der Waals surface area contributed by atoms with E-state index in [4.69, 9.17) is 0 Å². The number of fused-ring (bicyclic) bond motifs is 1. The smallest absolute Gasteiger partial charge is 0.324 e. The molecule has 3 heteroatoms. The predicted octanol–water partition coefficient (Wildman–Crippen LogP) is 2.37. The van der Waals surface area contributed by atoms with E-state index >= 15 is 0 Å². The fraction of sp³-hybridized carbons (Fsp3) is 0.333. The molecule has 1 heterocycles. The van der Waals surface area contributed by atoms with Gasteiger partial charge in [0.05, 0.1) is 11.8 Å².